The van der Waals surface area contributed by atoms with Gasteiger partial charge in [0.25, 0.3) is 7.82 Å². The SMILES string of the molecule is CCCC/C=C/C(O)C(COP(=O)([O-])OCC[N+](C)(C)C)NC(=O)CCCCCCCCCCCCCCCCC/C=C\C/C=C\CCCCCCC. The summed E-state index contributed by atoms with van der Waals surface area (Å²) < 4.78 is 22.9. The van der Waals surface area contributed by atoms with Crippen LogP contribution in [0, 0.1) is 0 Å². The number of phosphoric ester groups is 1. The van der Waals surface area contributed by atoms with Gasteiger partial charge >= 0.3 is 0 Å². The highest BCUT2D eigenvalue weighted by Crippen LogP contribution is 2.38. The van der Waals surface area contributed by atoms with Gasteiger partial charge in [0.05, 0.1) is 39.9 Å². The molecular weight excluding hydrogens is 683 g/mol. The summed E-state index contributed by atoms with van der Waals surface area (Å²) in [6.45, 7) is 4.47. The van der Waals surface area contributed by atoms with Crippen LogP contribution in [0.3, 0.4) is 0 Å². The van der Waals surface area contributed by atoms with Crippen LogP contribution in [-0.2, 0) is 18.4 Å². The van der Waals surface area contributed by atoms with Crippen LogP contribution < -0.4 is 10.2 Å². The number of amides is 1. The zero-order chi connectivity index (χ0) is 39.3. The summed E-state index contributed by atoms with van der Waals surface area (Å²) in [7, 11) is 1.25. The van der Waals surface area contributed by atoms with Crippen molar-refractivity contribution < 1.29 is 32.9 Å². The number of aliphatic hydroxyl groups is 1. The minimum atomic E-state index is -4.56. The molecule has 0 saturated heterocycles. The molecule has 0 fully saturated rings. The maximum absolute atomic E-state index is 12.7. The second kappa shape index (κ2) is 36.4. The Hall–Kier alpha value is -1.28. The Labute approximate surface area is 327 Å². The van der Waals surface area contributed by atoms with E-state index in [2.05, 4.69) is 43.5 Å². The van der Waals surface area contributed by atoms with E-state index in [1.807, 2.05) is 27.2 Å². The molecule has 2 N–H and O–H groups in total. The number of allylic oxidation sites excluding steroid dienone is 5. The fraction of sp³-hybridized carbons (Fsp3) is 0.841. The molecule has 0 bridgehead atoms. The van der Waals surface area contributed by atoms with Crippen molar-refractivity contribution >= 4 is 13.7 Å². The Kier molecular flexibility index (Phi) is 35.5. The molecular formula is C44H85N2O6P. The minimum Gasteiger partial charge on any atom is -0.756 e. The zero-order valence-corrected chi connectivity index (χ0v) is 36.1. The lowest BCUT2D eigenvalue weighted by molar-refractivity contribution is -0.870. The molecule has 0 rings (SSSR count). The second-order valence-electron chi connectivity index (χ2n) is 16.0. The molecule has 0 radical (unpaired) electrons. The number of quaternary nitrogens is 1. The van der Waals surface area contributed by atoms with Crippen molar-refractivity contribution in [2.45, 2.75) is 199 Å². The van der Waals surface area contributed by atoms with Crippen LogP contribution in [0.15, 0.2) is 36.5 Å². The van der Waals surface area contributed by atoms with Gasteiger partial charge in [0.1, 0.15) is 13.2 Å². The van der Waals surface area contributed by atoms with Crippen LogP contribution in [0.1, 0.15) is 187 Å². The third-order valence-corrected chi connectivity index (χ3v) is 10.6. The predicted molar refractivity (Wildman–Crippen MR) is 224 cm³/mol. The first-order valence-electron chi connectivity index (χ1n) is 21.9. The highest BCUT2D eigenvalue weighted by Gasteiger charge is 2.23. The average Bonchev–Trinajstić information content (AvgIpc) is 3.10. The zero-order valence-electron chi connectivity index (χ0n) is 35.2. The molecule has 0 aliphatic rings. The normalized spacial score (nSPS) is 14.8. The van der Waals surface area contributed by atoms with Gasteiger partial charge in [0.2, 0.25) is 5.91 Å². The van der Waals surface area contributed by atoms with Crippen molar-refractivity contribution in [2.75, 3.05) is 40.9 Å². The van der Waals surface area contributed by atoms with Crippen molar-refractivity contribution in [3.05, 3.63) is 36.5 Å². The Bertz CT molecular complexity index is 964. The lowest BCUT2D eigenvalue weighted by Gasteiger charge is -2.29. The van der Waals surface area contributed by atoms with Gasteiger partial charge in [0, 0.05) is 6.42 Å². The largest absolute Gasteiger partial charge is 0.756 e. The summed E-state index contributed by atoms with van der Waals surface area (Å²) in [6.07, 6.45) is 44.1. The number of phosphoric acid groups is 1. The topological polar surface area (TPSA) is 108 Å². The van der Waals surface area contributed by atoms with Gasteiger partial charge in [0.15, 0.2) is 0 Å². The molecule has 9 heteroatoms. The van der Waals surface area contributed by atoms with E-state index in [0.717, 1.165) is 44.9 Å². The van der Waals surface area contributed by atoms with E-state index in [1.165, 1.54) is 122 Å². The van der Waals surface area contributed by atoms with E-state index in [9.17, 15) is 19.4 Å². The Balaban J connectivity index is 3.90. The van der Waals surface area contributed by atoms with E-state index in [4.69, 9.17) is 9.05 Å². The van der Waals surface area contributed by atoms with Gasteiger partial charge in [-0.15, -0.1) is 0 Å². The second-order valence-corrected chi connectivity index (χ2v) is 17.5. The third kappa shape index (κ3) is 38.8. The maximum Gasteiger partial charge on any atom is 0.268 e. The summed E-state index contributed by atoms with van der Waals surface area (Å²) in [5.74, 6) is -0.208. The van der Waals surface area contributed by atoms with E-state index < -0.39 is 20.0 Å². The fourth-order valence-corrected chi connectivity index (χ4v) is 6.77. The average molecular weight is 769 g/mol. The summed E-state index contributed by atoms with van der Waals surface area (Å²) in [5.41, 5.74) is 0. The summed E-state index contributed by atoms with van der Waals surface area (Å²) in [5, 5.41) is 13.5. The molecule has 3 atom stereocenters. The van der Waals surface area contributed by atoms with Crippen molar-refractivity contribution in [2.24, 2.45) is 0 Å². The molecule has 0 spiro atoms. The van der Waals surface area contributed by atoms with Crippen molar-refractivity contribution in [1.29, 1.82) is 0 Å². The third-order valence-electron chi connectivity index (χ3n) is 9.59. The lowest BCUT2D eigenvalue weighted by atomic mass is 10.0. The van der Waals surface area contributed by atoms with Crippen molar-refractivity contribution in [3.8, 4) is 0 Å². The molecule has 0 aromatic carbocycles. The van der Waals surface area contributed by atoms with Crippen LogP contribution >= 0.6 is 7.82 Å². The van der Waals surface area contributed by atoms with Crippen LogP contribution in [-0.4, -0.2) is 68.5 Å². The number of carbonyl (C=O) groups excluding carboxylic acids is 1. The standard InChI is InChI=1S/C44H85N2O6P/c1-6-8-10-12-13-14-15-16-17-18-19-20-21-22-23-24-25-26-27-28-29-30-31-32-33-34-36-38-44(48)45-42(43(47)37-35-11-9-7-2)41-52-53(49,50)51-40-39-46(3,4)5/h15-16,18-19,35,37,42-43,47H,6-14,17,20-34,36,38-41H2,1-5H3,(H-,45,48,49,50)/b16-15-,19-18-,37-35+. The van der Waals surface area contributed by atoms with Crippen LogP contribution in [0.2, 0.25) is 0 Å². The lowest BCUT2D eigenvalue weighted by Crippen LogP contribution is -2.45. The summed E-state index contributed by atoms with van der Waals surface area (Å²) in [4.78, 5) is 25.0. The number of unbranched alkanes of at least 4 members (excludes halogenated alkanes) is 22. The Morgan fingerprint density at radius 2 is 1.11 bits per heavy atom. The van der Waals surface area contributed by atoms with Crippen LogP contribution in [0.4, 0.5) is 0 Å². The highest BCUT2D eigenvalue weighted by atomic mass is 31.2. The Morgan fingerprint density at radius 3 is 1.60 bits per heavy atom. The van der Waals surface area contributed by atoms with Gasteiger partial charge < -0.3 is 28.8 Å². The molecule has 0 aliphatic heterocycles. The highest BCUT2D eigenvalue weighted by molar-refractivity contribution is 7.45. The number of hydrogen-bond donors (Lipinski definition) is 2. The first-order valence-corrected chi connectivity index (χ1v) is 23.3. The number of hydrogen-bond acceptors (Lipinski definition) is 6. The van der Waals surface area contributed by atoms with Gasteiger partial charge in [-0.05, 0) is 44.9 Å². The molecule has 53 heavy (non-hydrogen) atoms. The first-order chi connectivity index (χ1) is 25.5. The van der Waals surface area contributed by atoms with Gasteiger partial charge in [-0.1, -0.05) is 172 Å². The van der Waals surface area contributed by atoms with Gasteiger partial charge in [-0.25, -0.2) is 0 Å². The number of carbonyl (C=O) groups is 1. The fourth-order valence-electron chi connectivity index (χ4n) is 6.05. The van der Waals surface area contributed by atoms with Crippen LogP contribution in [0.5, 0.6) is 0 Å². The number of nitrogens with one attached hydrogen (secondary N) is 1. The summed E-state index contributed by atoms with van der Waals surface area (Å²) in [6, 6.07) is -0.880. The minimum absolute atomic E-state index is 0.00217. The first kappa shape index (κ1) is 51.7. The molecule has 0 saturated carbocycles. The molecule has 3 unspecified atom stereocenters. The number of nitrogens with zero attached hydrogens (tertiary/aromatic N) is 1. The maximum atomic E-state index is 12.7. The van der Waals surface area contributed by atoms with E-state index in [1.54, 1.807) is 6.08 Å². The van der Waals surface area contributed by atoms with Crippen molar-refractivity contribution in [3.63, 3.8) is 0 Å². The smallest absolute Gasteiger partial charge is 0.268 e. The monoisotopic (exact) mass is 769 g/mol. The predicted octanol–water partition coefficient (Wildman–Crippen LogP) is 11.3. The number of likely N-dealkylation sites (N-methyl/N-ethyl adjacent to an activating group) is 1. The van der Waals surface area contributed by atoms with E-state index >= 15 is 0 Å². The van der Waals surface area contributed by atoms with Gasteiger partial charge in [-0.3, -0.25) is 9.36 Å². The summed E-state index contributed by atoms with van der Waals surface area (Å²) >= 11 is 0. The van der Waals surface area contributed by atoms with Gasteiger partial charge in [-0.2, -0.15) is 0 Å². The molecule has 0 aromatic heterocycles. The molecule has 312 valence electrons. The number of rotatable bonds is 39. The Morgan fingerprint density at radius 1 is 0.660 bits per heavy atom. The molecule has 0 aliphatic carbocycles. The molecule has 1 amide bonds. The van der Waals surface area contributed by atoms with Crippen molar-refractivity contribution in [1.82, 2.24) is 5.32 Å². The molecule has 8 nitrogen and oxygen atoms in total. The molecule has 0 heterocycles. The van der Waals surface area contributed by atoms with Crippen LogP contribution in [0.25, 0.3) is 0 Å². The molecule has 0 aromatic rings. The number of aliphatic hydroxyl groups excluding tert-OH is 1. The van der Waals surface area contributed by atoms with E-state index in [-0.39, 0.29) is 19.1 Å². The quantitative estimate of drug-likeness (QED) is 0.0279. The van der Waals surface area contributed by atoms with E-state index in [0.29, 0.717) is 17.4 Å².